The maximum atomic E-state index is 13.5. The highest BCUT2D eigenvalue weighted by atomic mass is 32.1. The van der Waals surface area contributed by atoms with Crippen LogP contribution >= 0.6 is 11.3 Å². The smallest absolute Gasteiger partial charge is 0.271 e. The highest BCUT2D eigenvalue weighted by molar-refractivity contribution is 7.09. The number of primary amides is 1. The van der Waals surface area contributed by atoms with Crippen molar-refractivity contribution < 1.29 is 19.2 Å². The first kappa shape index (κ1) is 25.9. The van der Waals surface area contributed by atoms with E-state index in [4.69, 9.17) is 5.73 Å². The monoisotopic (exact) mass is 514 g/mol. The number of nitrogens with one attached hydrogen (secondary N) is 3. The van der Waals surface area contributed by atoms with Crippen molar-refractivity contribution >= 4 is 35.0 Å². The Bertz CT molecular complexity index is 1080. The van der Waals surface area contributed by atoms with E-state index in [2.05, 4.69) is 16.0 Å². The number of likely N-dealkylation sites (tertiary alicyclic amines) is 1. The van der Waals surface area contributed by atoms with Crippen LogP contribution in [0.3, 0.4) is 0 Å². The minimum atomic E-state index is -0.896. The molecular weight excluding hydrogens is 480 g/mol. The van der Waals surface area contributed by atoms with Crippen molar-refractivity contribution in [2.24, 2.45) is 18.7 Å². The third-order valence-electron chi connectivity index (χ3n) is 7.03. The summed E-state index contributed by atoms with van der Waals surface area (Å²) in [7, 11) is 1.78. The van der Waals surface area contributed by atoms with E-state index >= 15 is 0 Å². The summed E-state index contributed by atoms with van der Waals surface area (Å²) in [5.41, 5.74) is 6.07. The molecule has 2 aliphatic heterocycles. The van der Waals surface area contributed by atoms with Gasteiger partial charge >= 0.3 is 0 Å². The Morgan fingerprint density at radius 2 is 1.92 bits per heavy atom. The molecule has 36 heavy (non-hydrogen) atoms. The molecule has 2 aromatic rings. The van der Waals surface area contributed by atoms with Gasteiger partial charge in [-0.2, -0.15) is 0 Å². The minimum absolute atomic E-state index is 0.00410. The Labute approximate surface area is 214 Å². The maximum Gasteiger partial charge on any atom is 0.271 e. The molecule has 194 valence electrons. The van der Waals surface area contributed by atoms with Crippen LogP contribution in [0.2, 0.25) is 0 Å². The highest BCUT2D eigenvalue weighted by Gasteiger charge is 2.39. The number of piperidine rings is 2. The van der Waals surface area contributed by atoms with Gasteiger partial charge < -0.3 is 31.2 Å². The first-order chi connectivity index (χ1) is 17.3. The van der Waals surface area contributed by atoms with Crippen molar-refractivity contribution in [3.63, 3.8) is 0 Å². The van der Waals surface area contributed by atoms with Gasteiger partial charge in [-0.15, -0.1) is 11.3 Å². The van der Waals surface area contributed by atoms with E-state index in [0.29, 0.717) is 18.7 Å². The summed E-state index contributed by atoms with van der Waals surface area (Å²) >= 11 is 1.48. The molecule has 2 fully saturated rings. The van der Waals surface area contributed by atoms with Gasteiger partial charge in [0.25, 0.3) is 5.91 Å². The zero-order chi connectivity index (χ0) is 25.7. The largest absolute Gasteiger partial charge is 0.368 e. The maximum absolute atomic E-state index is 13.5. The van der Waals surface area contributed by atoms with E-state index in [1.807, 2.05) is 17.5 Å². The van der Waals surface area contributed by atoms with Crippen molar-refractivity contribution in [1.29, 1.82) is 0 Å². The fourth-order valence-electron chi connectivity index (χ4n) is 4.94. The van der Waals surface area contributed by atoms with Crippen LogP contribution < -0.4 is 21.7 Å². The lowest BCUT2D eigenvalue weighted by Crippen LogP contribution is -2.60. The number of aromatic nitrogens is 1. The van der Waals surface area contributed by atoms with Crippen LogP contribution in [0.1, 0.15) is 41.0 Å². The van der Waals surface area contributed by atoms with E-state index in [-0.39, 0.29) is 36.6 Å². The second kappa shape index (κ2) is 11.7. The third-order valence-corrected chi connectivity index (χ3v) is 7.93. The number of carbonyl (C=O) groups is 4. The average Bonchev–Trinajstić information content (AvgIpc) is 3.55. The molecule has 2 aromatic heterocycles. The molecule has 10 nitrogen and oxygen atoms in total. The Morgan fingerprint density at radius 1 is 1.14 bits per heavy atom. The number of rotatable bonds is 8. The SMILES string of the molecule is Cn1cccc1C(=O)N1CCC(NC(=O)C2CCNCC2)CC1C(=O)NC(Cc1cccs1)C(N)=O. The highest BCUT2D eigenvalue weighted by Crippen LogP contribution is 2.23. The van der Waals surface area contributed by atoms with Crippen LogP contribution in [0, 0.1) is 5.92 Å². The number of nitrogens with zero attached hydrogens (tertiary/aromatic N) is 2. The molecule has 4 amide bonds. The first-order valence-corrected chi connectivity index (χ1v) is 13.3. The number of hydrogen-bond donors (Lipinski definition) is 4. The number of thiophene rings is 1. The molecular formula is C25H34N6O4S. The molecule has 5 N–H and O–H groups in total. The van der Waals surface area contributed by atoms with Gasteiger partial charge in [0.15, 0.2) is 0 Å². The standard InChI is InChI=1S/C25H34N6O4S/c1-30-11-2-5-20(30)25(35)31-12-8-17(28-23(33)16-6-9-27-10-7-16)14-21(31)24(34)29-19(22(26)32)15-18-4-3-13-36-18/h2-5,11,13,16-17,19,21,27H,6-10,12,14-15H2,1H3,(H2,26,32)(H,28,33)(H,29,34). The predicted octanol–water partition coefficient (Wildman–Crippen LogP) is 0.388. The van der Waals surface area contributed by atoms with Crippen molar-refractivity contribution in [2.45, 2.75) is 50.2 Å². The summed E-state index contributed by atoms with van der Waals surface area (Å²) in [4.78, 5) is 54.4. The van der Waals surface area contributed by atoms with Crippen LogP contribution in [0.4, 0.5) is 0 Å². The van der Waals surface area contributed by atoms with Crippen LogP contribution in [0.5, 0.6) is 0 Å². The van der Waals surface area contributed by atoms with E-state index in [0.717, 1.165) is 30.8 Å². The summed E-state index contributed by atoms with van der Waals surface area (Å²) in [5.74, 6) is -1.40. The van der Waals surface area contributed by atoms with Crippen molar-refractivity contribution in [2.75, 3.05) is 19.6 Å². The van der Waals surface area contributed by atoms with E-state index in [9.17, 15) is 19.2 Å². The van der Waals surface area contributed by atoms with Gasteiger partial charge in [-0.25, -0.2) is 0 Å². The molecule has 11 heteroatoms. The Hall–Kier alpha value is -3.18. The van der Waals surface area contributed by atoms with Gasteiger partial charge in [0.2, 0.25) is 17.7 Å². The van der Waals surface area contributed by atoms with Crippen molar-refractivity contribution in [3.8, 4) is 0 Å². The van der Waals surface area contributed by atoms with E-state index in [1.54, 1.807) is 34.8 Å². The fraction of sp³-hybridized carbons (Fsp3) is 0.520. The van der Waals surface area contributed by atoms with Gasteiger partial charge in [0, 0.05) is 43.0 Å². The third kappa shape index (κ3) is 6.14. The second-order valence-corrected chi connectivity index (χ2v) is 10.6. The first-order valence-electron chi connectivity index (χ1n) is 12.4. The number of amides is 4. The Morgan fingerprint density at radius 3 is 2.56 bits per heavy atom. The molecule has 0 aliphatic carbocycles. The lowest BCUT2D eigenvalue weighted by atomic mass is 9.93. The molecule has 3 unspecified atom stereocenters. The zero-order valence-corrected chi connectivity index (χ0v) is 21.3. The van der Waals surface area contributed by atoms with Gasteiger partial charge in [-0.3, -0.25) is 19.2 Å². The van der Waals surface area contributed by atoms with Crippen LogP contribution in [-0.4, -0.2) is 70.9 Å². The van der Waals surface area contributed by atoms with Crippen molar-refractivity contribution in [3.05, 3.63) is 46.4 Å². The number of hydrogen-bond acceptors (Lipinski definition) is 6. The molecule has 3 atom stereocenters. The van der Waals surface area contributed by atoms with E-state index < -0.39 is 23.9 Å². The van der Waals surface area contributed by atoms with Crippen molar-refractivity contribution in [1.82, 2.24) is 25.4 Å². The summed E-state index contributed by atoms with van der Waals surface area (Å²) < 4.78 is 1.71. The molecule has 0 saturated carbocycles. The topological polar surface area (TPSA) is 139 Å². The molecule has 2 aliphatic rings. The molecule has 0 bridgehead atoms. The summed E-state index contributed by atoms with van der Waals surface area (Å²) in [6, 6.07) is 5.26. The lowest BCUT2D eigenvalue weighted by molar-refractivity contribution is -0.132. The molecule has 0 aromatic carbocycles. The zero-order valence-electron chi connectivity index (χ0n) is 20.4. The van der Waals surface area contributed by atoms with Crippen LogP contribution in [0.15, 0.2) is 35.8 Å². The molecule has 4 heterocycles. The summed E-state index contributed by atoms with van der Waals surface area (Å²) in [5, 5.41) is 11.0. The van der Waals surface area contributed by atoms with Crippen LogP contribution in [0.25, 0.3) is 0 Å². The van der Waals surface area contributed by atoms with Crippen LogP contribution in [-0.2, 0) is 27.9 Å². The Balaban J connectivity index is 1.50. The summed E-state index contributed by atoms with van der Waals surface area (Å²) in [6.07, 6.45) is 4.44. The quantitative estimate of drug-likeness (QED) is 0.404. The van der Waals surface area contributed by atoms with Gasteiger partial charge in [0.05, 0.1) is 0 Å². The summed E-state index contributed by atoms with van der Waals surface area (Å²) in [6.45, 7) is 1.93. The van der Waals surface area contributed by atoms with E-state index in [1.165, 1.54) is 11.3 Å². The molecule has 2 saturated heterocycles. The normalized spacial score (nSPS) is 21.5. The van der Waals surface area contributed by atoms with Gasteiger partial charge in [-0.05, 0) is 62.4 Å². The molecule has 4 rings (SSSR count). The Kier molecular flexibility index (Phi) is 8.42. The van der Waals surface area contributed by atoms with Gasteiger partial charge in [-0.1, -0.05) is 6.07 Å². The number of nitrogens with two attached hydrogens (primary N) is 1. The fourth-order valence-corrected chi connectivity index (χ4v) is 5.69. The number of carbonyl (C=O) groups excluding carboxylic acids is 4. The number of aryl methyl sites for hydroxylation is 1. The molecule has 0 spiro atoms. The van der Waals surface area contributed by atoms with Gasteiger partial charge in [0.1, 0.15) is 17.8 Å². The predicted molar refractivity (Wildman–Crippen MR) is 136 cm³/mol. The average molecular weight is 515 g/mol. The minimum Gasteiger partial charge on any atom is -0.368 e. The lowest BCUT2D eigenvalue weighted by Gasteiger charge is -2.39. The molecule has 0 radical (unpaired) electrons. The second-order valence-electron chi connectivity index (χ2n) is 9.52.